The molecule has 0 spiro atoms. The molecule has 1 aromatic heterocycles. The van der Waals surface area contributed by atoms with E-state index in [1.54, 1.807) is 0 Å². The average Bonchev–Trinajstić information content (AvgIpc) is 3.23. The predicted octanol–water partition coefficient (Wildman–Crippen LogP) is 3.45. The third-order valence-electron chi connectivity index (χ3n) is 4.16. The quantitative estimate of drug-likeness (QED) is 0.527. The van der Waals surface area contributed by atoms with Crippen LogP contribution in [-0.4, -0.2) is 26.1 Å². The van der Waals surface area contributed by atoms with Crippen LogP contribution in [0.25, 0.3) is 11.4 Å². The molecule has 1 heterocycles. The maximum absolute atomic E-state index is 12.2. The van der Waals surface area contributed by atoms with Gasteiger partial charge in [-0.05, 0) is 35.0 Å². The summed E-state index contributed by atoms with van der Waals surface area (Å²) in [5.41, 5.74) is 1.83. The molecular formula is C22H19N5O2. The summed E-state index contributed by atoms with van der Waals surface area (Å²) in [7, 11) is 0. The molecule has 4 rings (SSSR count). The first kappa shape index (κ1) is 18.4. The third kappa shape index (κ3) is 5.04. The molecule has 0 saturated heterocycles. The molecule has 3 aromatic carbocycles. The molecule has 0 saturated carbocycles. The lowest BCUT2D eigenvalue weighted by atomic mass is 10.2. The van der Waals surface area contributed by atoms with Crippen molar-refractivity contribution in [2.75, 3.05) is 0 Å². The smallest absolute Gasteiger partial charge is 0.243 e. The summed E-state index contributed by atoms with van der Waals surface area (Å²) < 4.78 is 5.76. The Bertz CT molecular complexity index is 1060. The van der Waals surface area contributed by atoms with Gasteiger partial charge in [0, 0.05) is 12.1 Å². The van der Waals surface area contributed by atoms with Crippen LogP contribution < -0.4 is 10.1 Å². The summed E-state index contributed by atoms with van der Waals surface area (Å²) in [6, 6.07) is 26.7. The second-order valence-electron chi connectivity index (χ2n) is 6.35. The lowest BCUT2D eigenvalue weighted by molar-refractivity contribution is -0.122. The van der Waals surface area contributed by atoms with Crippen molar-refractivity contribution in [3.8, 4) is 22.9 Å². The number of ether oxygens (including phenoxy) is 1. The van der Waals surface area contributed by atoms with Gasteiger partial charge in [-0.3, -0.25) is 4.79 Å². The van der Waals surface area contributed by atoms with E-state index in [2.05, 4.69) is 20.7 Å². The predicted molar refractivity (Wildman–Crippen MR) is 108 cm³/mol. The van der Waals surface area contributed by atoms with Gasteiger partial charge in [0.2, 0.25) is 11.7 Å². The highest BCUT2D eigenvalue weighted by Gasteiger charge is 2.09. The summed E-state index contributed by atoms with van der Waals surface area (Å²) >= 11 is 0. The van der Waals surface area contributed by atoms with Crippen LogP contribution in [0.2, 0.25) is 0 Å². The second kappa shape index (κ2) is 8.79. The first-order valence-electron chi connectivity index (χ1n) is 9.18. The minimum atomic E-state index is -0.188. The summed E-state index contributed by atoms with van der Waals surface area (Å²) in [4.78, 5) is 13.5. The maximum Gasteiger partial charge on any atom is 0.243 e. The molecule has 0 aliphatic rings. The lowest BCUT2D eigenvalue weighted by Crippen LogP contribution is -2.28. The van der Waals surface area contributed by atoms with Crippen molar-refractivity contribution in [2.24, 2.45) is 0 Å². The molecule has 7 heteroatoms. The maximum atomic E-state index is 12.2. The van der Waals surface area contributed by atoms with Crippen molar-refractivity contribution < 1.29 is 9.53 Å². The molecule has 0 atom stereocenters. The largest absolute Gasteiger partial charge is 0.457 e. The number of carbonyl (C=O) groups is 1. The van der Waals surface area contributed by atoms with Crippen molar-refractivity contribution in [1.29, 1.82) is 0 Å². The highest BCUT2D eigenvalue weighted by molar-refractivity contribution is 5.75. The minimum absolute atomic E-state index is 0.00896. The van der Waals surface area contributed by atoms with Crippen molar-refractivity contribution in [1.82, 2.24) is 25.5 Å². The van der Waals surface area contributed by atoms with Crippen molar-refractivity contribution in [3.05, 3.63) is 90.5 Å². The number of aromatic nitrogens is 4. The van der Waals surface area contributed by atoms with Crippen LogP contribution in [0, 0.1) is 0 Å². The molecule has 144 valence electrons. The number of nitrogens with one attached hydrogen (secondary N) is 1. The van der Waals surface area contributed by atoms with Gasteiger partial charge < -0.3 is 10.1 Å². The fourth-order valence-electron chi connectivity index (χ4n) is 2.70. The Morgan fingerprint density at radius 2 is 1.52 bits per heavy atom. The second-order valence-corrected chi connectivity index (χ2v) is 6.35. The number of nitrogens with zero attached hydrogens (tertiary/aromatic N) is 4. The van der Waals surface area contributed by atoms with Gasteiger partial charge in [0.1, 0.15) is 18.0 Å². The van der Waals surface area contributed by atoms with E-state index < -0.39 is 0 Å². The molecule has 1 amide bonds. The minimum Gasteiger partial charge on any atom is -0.457 e. The van der Waals surface area contributed by atoms with E-state index in [1.165, 1.54) is 4.80 Å². The molecule has 4 aromatic rings. The highest BCUT2D eigenvalue weighted by Crippen LogP contribution is 2.21. The van der Waals surface area contributed by atoms with Crippen LogP contribution in [0.1, 0.15) is 5.56 Å². The number of carbonyl (C=O) groups excluding carboxylic acids is 1. The summed E-state index contributed by atoms with van der Waals surface area (Å²) in [6.45, 7) is 0.416. The standard InChI is InChI=1S/C22H19N5O2/c28-21(16-27-25-22(24-26-27)18-7-3-1-4-8-18)23-15-17-11-13-20(14-12-17)29-19-9-5-2-6-10-19/h1-14H,15-16H2,(H,23,28). The van der Waals surface area contributed by atoms with Crippen LogP contribution in [0.15, 0.2) is 84.9 Å². The topological polar surface area (TPSA) is 81.9 Å². The van der Waals surface area contributed by atoms with Crippen LogP contribution in [0.3, 0.4) is 0 Å². The number of benzene rings is 3. The average molecular weight is 385 g/mol. The molecule has 0 radical (unpaired) electrons. The third-order valence-corrected chi connectivity index (χ3v) is 4.16. The molecule has 29 heavy (non-hydrogen) atoms. The zero-order valence-electron chi connectivity index (χ0n) is 15.6. The molecule has 0 aliphatic heterocycles. The first-order chi connectivity index (χ1) is 14.3. The highest BCUT2D eigenvalue weighted by atomic mass is 16.5. The number of para-hydroxylation sites is 1. The van der Waals surface area contributed by atoms with Gasteiger partial charge in [0.25, 0.3) is 0 Å². The Labute approximate surface area is 168 Å². The van der Waals surface area contributed by atoms with Gasteiger partial charge >= 0.3 is 0 Å². The van der Waals surface area contributed by atoms with Crippen LogP contribution in [-0.2, 0) is 17.9 Å². The van der Waals surface area contributed by atoms with E-state index in [4.69, 9.17) is 4.74 Å². The Hall–Kier alpha value is -4.00. The van der Waals surface area contributed by atoms with E-state index >= 15 is 0 Å². The Morgan fingerprint density at radius 1 is 0.862 bits per heavy atom. The van der Waals surface area contributed by atoms with E-state index in [1.807, 2.05) is 84.9 Å². The summed E-state index contributed by atoms with van der Waals surface area (Å²) in [5.74, 6) is 1.83. The molecule has 1 N–H and O–H groups in total. The molecule has 0 unspecified atom stereocenters. The van der Waals surface area contributed by atoms with Gasteiger partial charge in [-0.2, -0.15) is 4.80 Å². The van der Waals surface area contributed by atoms with E-state index in [0.717, 1.165) is 22.6 Å². The summed E-state index contributed by atoms with van der Waals surface area (Å²) in [5, 5.41) is 15.0. The van der Waals surface area contributed by atoms with Gasteiger partial charge in [0.15, 0.2) is 0 Å². The van der Waals surface area contributed by atoms with Crippen molar-refractivity contribution in [3.63, 3.8) is 0 Å². The van der Waals surface area contributed by atoms with Gasteiger partial charge in [-0.1, -0.05) is 60.7 Å². The van der Waals surface area contributed by atoms with E-state index in [9.17, 15) is 4.79 Å². The zero-order chi connectivity index (χ0) is 19.9. The van der Waals surface area contributed by atoms with Crippen molar-refractivity contribution in [2.45, 2.75) is 13.1 Å². The Kier molecular flexibility index (Phi) is 5.57. The number of tetrazole rings is 1. The fraction of sp³-hybridized carbons (Fsp3) is 0.0909. The number of hydrogen-bond acceptors (Lipinski definition) is 5. The van der Waals surface area contributed by atoms with Crippen LogP contribution in [0.4, 0.5) is 0 Å². The molecule has 0 aliphatic carbocycles. The Balaban J connectivity index is 1.28. The molecule has 7 nitrogen and oxygen atoms in total. The summed E-state index contributed by atoms with van der Waals surface area (Å²) in [6.07, 6.45) is 0. The fourth-order valence-corrected chi connectivity index (χ4v) is 2.70. The van der Waals surface area contributed by atoms with E-state index in [-0.39, 0.29) is 12.5 Å². The van der Waals surface area contributed by atoms with Crippen LogP contribution >= 0.6 is 0 Å². The number of hydrogen-bond donors (Lipinski definition) is 1. The number of rotatable bonds is 7. The molecule has 0 bridgehead atoms. The van der Waals surface area contributed by atoms with E-state index in [0.29, 0.717) is 12.4 Å². The SMILES string of the molecule is O=C(Cn1nnc(-c2ccccc2)n1)NCc1ccc(Oc2ccccc2)cc1. The van der Waals surface area contributed by atoms with Gasteiger partial charge in [-0.25, -0.2) is 0 Å². The van der Waals surface area contributed by atoms with Crippen LogP contribution in [0.5, 0.6) is 11.5 Å². The number of amides is 1. The molecule has 0 fully saturated rings. The zero-order valence-corrected chi connectivity index (χ0v) is 15.6. The normalized spacial score (nSPS) is 10.5. The van der Waals surface area contributed by atoms with Crippen molar-refractivity contribution >= 4 is 5.91 Å². The first-order valence-corrected chi connectivity index (χ1v) is 9.18. The monoisotopic (exact) mass is 385 g/mol. The van der Waals surface area contributed by atoms with Gasteiger partial charge in [0.05, 0.1) is 0 Å². The molecular weight excluding hydrogens is 366 g/mol. The van der Waals surface area contributed by atoms with Gasteiger partial charge in [-0.15, -0.1) is 10.2 Å². The Morgan fingerprint density at radius 3 is 2.24 bits per heavy atom. The lowest BCUT2D eigenvalue weighted by Gasteiger charge is -2.08.